The molecule has 0 aliphatic rings. The van der Waals surface area contributed by atoms with Crippen molar-refractivity contribution < 1.29 is 14.5 Å². The SMILES string of the molecule is COC(=O)c1cc(C)cn1Cc1cc(C)ccc1[N+](=O)[O-]. The number of benzene rings is 1. The number of carbonyl (C=O) groups excluding carboxylic acids is 1. The molecule has 21 heavy (non-hydrogen) atoms. The van der Waals surface area contributed by atoms with Gasteiger partial charge in [-0.3, -0.25) is 10.1 Å². The van der Waals surface area contributed by atoms with Crippen molar-refractivity contribution >= 4 is 11.7 Å². The molecular weight excluding hydrogens is 272 g/mol. The predicted molar refractivity (Wildman–Crippen MR) is 77.4 cm³/mol. The molecule has 0 aliphatic carbocycles. The van der Waals surface area contributed by atoms with Gasteiger partial charge in [-0.1, -0.05) is 11.6 Å². The molecule has 2 rings (SSSR count). The second-order valence-electron chi connectivity index (χ2n) is 4.91. The first-order chi connectivity index (χ1) is 9.92. The van der Waals surface area contributed by atoms with Crippen LogP contribution >= 0.6 is 0 Å². The molecule has 0 radical (unpaired) electrons. The van der Waals surface area contributed by atoms with Crippen LogP contribution in [0.4, 0.5) is 5.69 Å². The number of ether oxygens (including phenoxy) is 1. The fourth-order valence-electron chi connectivity index (χ4n) is 2.27. The lowest BCUT2D eigenvalue weighted by Gasteiger charge is -2.09. The van der Waals surface area contributed by atoms with E-state index in [9.17, 15) is 14.9 Å². The number of hydrogen-bond acceptors (Lipinski definition) is 4. The van der Waals surface area contributed by atoms with Crippen molar-refractivity contribution in [1.29, 1.82) is 0 Å². The average molecular weight is 288 g/mol. The molecule has 0 bridgehead atoms. The Morgan fingerprint density at radius 1 is 1.29 bits per heavy atom. The van der Waals surface area contributed by atoms with Gasteiger partial charge in [0.2, 0.25) is 0 Å². The number of nitro benzene ring substituents is 1. The van der Waals surface area contributed by atoms with Gasteiger partial charge in [-0.05, 0) is 31.5 Å². The zero-order valence-corrected chi connectivity index (χ0v) is 12.1. The fraction of sp³-hybridized carbons (Fsp3) is 0.267. The number of carbonyl (C=O) groups is 1. The van der Waals surface area contributed by atoms with Crippen LogP contribution < -0.4 is 0 Å². The molecular formula is C15H16N2O4. The van der Waals surface area contributed by atoms with E-state index in [-0.39, 0.29) is 12.2 Å². The molecule has 0 aliphatic heterocycles. The maximum atomic E-state index is 11.7. The van der Waals surface area contributed by atoms with Gasteiger partial charge in [-0.25, -0.2) is 4.79 Å². The lowest BCUT2D eigenvalue weighted by Crippen LogP contribution is -2.11. The zero-order chi connectivity index (χ0) is 15.6. The van der Waals surface area contributed by atoms with Gasteiger partial charge in [0.15, 0.2) is 0 Å². The van der Waals surface area contributed by atoms with Crippen molar-refractivity contribution in [3.8, 4) is 0 Å². The van der Waals surface area contributed by atoms with Crippen LogP contribution in [0, 0.1) is 24.0 Å². The number of aromatic nitrogens is 1. The first-order valence-corrected chi connectivity index (χ1v) is 6.41. The van der Waals surface area contributed by atoms with E-state index in [1.165, 1.54) is 13.2 Å². The molecule has 0 amide bonds. The summed E-state index contributed by atoms with van der Waals surface area (Å²) in [5.41, 5.74) is 2.80. The number of hydrogen-bond donors (Lipinski definition) is 0. The van der Waals surface area contributed by atoms with Crippen molar-refractivity contribution in [3.63, 3.8) is 0 Å². The Balaban J connectivity index is 2.45. The van der Waals surface area contributed by atoms with E-state index < -0.39 is 10.9 Å². The molecule has 1 aromatic heterocycles. The van der Waals surface area contributed by atoms with Gasteiger partial charge in [0.05, 0.1) is 18.6 Å². The van der Waals surface area contributed by atoms with E-state index in [1.807, 2.05) is 13.8 Å². The van der Waals surface area contributed by atoms with E-state index in [4.69, 9.17) is 4.74 Å². The number of aryl methyl sites for hydroxylation is 2. The number of nitro groups is 1. The molecule has 110 valence electrons. The van der Waals surface area contributed by atoms with Crippen molar-refractivity contribution in [2.24, 2.45) is 0 Å². The van der Waals surface area contributed by atoms with Crippen LogP contribution in [0.2, 0.25) is 0 Å². The minimum absolute atomic E-state index is 0.0442. The number of methoxy groups -OCH3 is 1. The highest BCUT2D eigenvalue weighted by atomic mass is 16.6. The highest BCUT2D eigenvalue weighted by molar-refractivity contribution is 5.88. The molecule has 0 spiro atoms. The second kappa shape index (κ2) is 5.78. The van der Waals surface area contributed by atoms with Gasteiger partial charge in [-0.2, -0.15) is 0 Å². The molecule has 0 fully saturated rings. The number of esters is 1. The summed E-state index contributed by atoms with van der Waals surface area (Å²) in [5, 5.41) is 11.1. The van der Waals surface area contributed by atoms with Crippen LogP contribution in [0.25, 0.3) is 0 Å². The monoisotopic (exact) mass is 288 g/mol. The standard InChI is InChI=1S/C15H16N2O4/c1-10-4-5-13(17(19)20)12(6-10)9-16-8-11(2)7-14(16)15(18)21-3/h4-8H,9H2,1-3H3. The summed E-state index contributed by atoms with van der Waals surface area (Å²) in [4.78, 5) is 22.4. The minimum atomic E-state index is -0.460. The summed E-state index contributed by atoms with van der Waals surface area (Å²) in [5.74, 6) is -0.460. The van der Waals surface area contributed by atoms with Crippen molar-refractivity contribution in [1.82, 2.24) is 4.57 Å². The summed E-state index contributed by atoms with van der Waals surface area (Å²) in [6, 6.07) is 6.64. The van der Waals surface area contributed by atoms with Crippen molar-refractivity contribution in [3.05, 3.63) is 63.0 Å². The molecule has 2 aromatic rings. The number of rotatable bonds is 4. The first-order valence-electron chi connectivity index (χ1n) is 6.41. The summed E-state index contributed by atoms with van der Waals surface area (Å²) >= 11 is 0. The van der Waals surface area contributed by atoms with Crippen LogP contribution in [-0.4, -0.2) is 22.6 Å². The van der Waals surface area contributed by atoms with E-state index in [0.717, 1.165) is 11.1 Å². The van der Waals surface area contributed by atoms with E-state index in [2.05, 4.69) is 0 Å². The van der Waals surface area contributed by atoms with Crippen LogP contribution in [0.5, 0.6) is 0 Å². The molecule has 1 aromatic carbocycles. The van der Waals surface area contributed by atoms with Crippen LogP contribution in [-0.2, 0) is 11.3 Å². The normalized spacial score (nSPS) is 10.4. The van der Waals surface area contributed by atoms with Gasteiger partial charge in [0, 0.05) is 17.8 Å². The molecule has 0 N–H and O–H groups in total. The third-order valence-electron chi connectivity index (χ3n) is 3.20. The Morgan fingerprint density at radius 3 is 2.62 bits per heavy atom. The van der Waals surface area contributed by atoms with Crippen molar-refractivity contribution in [2.75, 3.05) is 7.11 Å². The van der Waals surface area contributed by atoms with Gasteiger partial charge in [-0.15, -0.1) is 0 Å². The maximum Gasteiger partial charge on any atom is 0.354 e. The van der Waals surface area contributed by atoms with E-state index in [0.29, 0.717) is 11.3 Å². The van der Waals surface area contributed by atoms with Crippen LogP contribution in [0.15, 0.2) is 30.5 Å². The van der Waals surface area contributed by atoms with Crippen LogP contribution in [0.1, 0.15) is 27.2 Å². The molecule has 0 saturated heterocycles. The Kier molecular flexibility index (Phi) is 4.07. The average Bonchev–Trinajstić information content (AvgIpc) is 2.78. The second-order valence-corrected chi connectivity index (χ2v) is 4.91. The Labute approximate surface area is 122 Å². The molecule has 1 heterocycles. The highest BCUT2D eigenvalue weighted by Gasteiger charge is 2.18. The fourth-order valence-corrected chi connectivity index (χ4v) is 2.27. The lowest BCUT2D eigenvalue weighted by atomic mass is 10.1. The van der Waals surface area contributed by atoms with Gasteiger partial charge in [0.1, 0.15) is 5.69 Å². The quantitative estimate of drug-likeness (QED) is 0.492. The van der Waals surface area contributed by atoms with Crippen LogP contribution in [0.3, 0.4) is 0 Å². The Bertz CT molecular complexity index is 704. The molecule has 0 unspecified atom stereocenters. The zero-order valence-electron chi connectivity index (χ0n) is 12.1. The summed E-state index contributed by atoms with van der Waals surface area (Å²) in [6.07, 6.45) is 1.78. The van der Waals surface area contributed by atoms with Gasteiger partial charge >= 0.3 is 5.97 Å². The van der Waals surface area contributed by atoms with E-state index in [1.54, 1.807) is 29.0 Å². The molecule has 0 atom stereocenters. The largest absolute Gasteiger partial charge is 0.464 e. The van der Waals surface area contributed by atoms with E-state index >= 15 is 0 Å². The predicted octanol–water partition coefficient (Wildman–Crippen LogP) is 2.85. The Hall–Kier alpha value is -2.63. The molecule has 6 heteroatoms. The molecule has 0 saturated carbocycles. The first kappa shape index (κ1) is 14.8. The summed E-state index contributed by atoms with van der Waals surface area (Å²) < 4.78 is 6.41. The summed E-state index contributed by atoms with van der Waals surface area (Å²) in [6.45, 7) is 3.97. The smallest absolute Gasteiger partial charge is 0.354 e. The van der Waals surface area contributed by atoms with Gasteiger partial charge < -0.3 is 9.30 Å². The molecule has 6 nitrogen and oxygen atoms in total. The topological polar surface area (TPSA) is 74.4 Å². The minimum Gasteiger partial charge on any atom is -0.464 e. The third-order valence-corrected chi connectivity index (χ3v) is 3.20. The van der Waals surface area contributed by atoms with Crippen molar-refractivity contribution in [2.45, 2.75) is 20.4 Å². The maximum absolute atomic E-state index is 11.7. The summed E-state index contributed by atoms with van der Waals surface area (Å²) in [7, 11) is 1.31. The van der Waals surface area contributed by atoms with Gasteiger partial charge in [0.25, 0.3) is 5.69 Å². The highest BCUT2D eigenvalue weighted by Crippen LogP contribution is 2.22. The Morgan fingerprint density at radius 2 is 2.00 bits per heavy atom. The number of nitrogens with zero attached hydrogens (tertiary/aromatic N) is 2. The third kappa shape index (κ3) is 3.10. The lowest BCUT2D eigenvalue weighted by molar-refractivity contribution is -0.385.